The molecule has 1 saturated heterocycles. The van der Waals surface area contributed by atoms with Crippen LogP contribution in [0.4, 0.5) is 0 Å². The van der Waals surface area contributed by atoms with Crippen LogP contribution in [0.2, 0.25) is 0 Å². The average Bonchev–Trinajstić information content (AvgIpc) is 3.49. The lowest BCUT2D eigenvalue weighted by atomic mass is 10.0. The first-order chi connectivity index (χ1) is 16.4. The molecule has 2 aromatic carbocycles. The highest BCUT2D eigenvalue weighted by atomic mass is 16.5. The van der Waals surface area contributed by atoms with E-state index in [1.54, 1.807) is 6.92 Å². The molecule has 3 aromatic rings. The maximum Gasteiger partial charge on any atom is 0.306 e. The summed E-state index contributed by atoms with van der Waals surface area (Å²) in [5.41, 5.74) is 5.27. The predicted octanol–water partition coefficient (Wildman–Crippen LogP) is 5.07. The third-order valence-corrected chi connectivity index (χ3v) is 6.61. The van der Waals surface area contributed by atoms with Gasteiger partial charge in [-0.1, -0.05) is 43.3 Å². The molecule has 2 unspecified atom stereocenters. The Bertz CT molecular complexity index is 1140. The number of likely N-dealkylation sites (tertiary alicyclic amines) is 1. The zero-order valence-corrected chi connectivity index (χ0v) is 19.8. The molecule has 1 aliphatic heterocycles. The fourth-order valence-electron chi connectivity index (χ4n) is 4.51. The molecule has 2 N–H and O–H groups in total. The zero-order chi connectivity index (χ0) is 24.1. The number of aryl methyl sites for hydroxylation is 1. The number of hydrogen-bond donors (Lipinski definition) is 2. The highest BCUT2D eigenvalue weighted by Gasteiger charge is 2.30. The normalized spacial score (nSPS) is 16.4. The number of carbonyl (C=O) groups excluding carboxylic acids is 1. The van der Waals surface area contributed by atoms with Crippen LogP contribution in [0.1, 0.15) is 53.8 Å². The first kappa shape index (κ1) is 23.6. The summed E-state index contributed by atoms with van der Waals surface area (Å²) < 4.78 is 5.92. The van der Waals surface area contributed by atoms with Gasteiger partial charge in [-0.05, 0) is 60.2 Å². The topological polar surface area (TPSA) is 82.6 Å². The lowest BCUT2D eigenvalue weighted by Crippen LogP contribution is -2.31. The molecular weight excluding hydrogens is 428 g/mol. The molecule has 6 heteroatoms. The second-order valence-electron chi connectivity index (χ2n) is 9.18. The van der Waals surface area contributed by atoms with Gasteiger partial charge in [0.25, 0.3) is 0 Å². The van der Waals surface area contributed by atoms with E-state index in [-0.39, 0.29) is 11.9 Å². The minimum Gasteiger partial charge on any atom is -0.489 e. The van der Waals surface area contributed by atoms with Crippen molar-refractivity contribution in [3.8, 4) is 5.75 Å². The fraction of sp³-hybridized carbons (Fsp3) is 0.357. The van der Waals surface area contributed by atoms with Crippen molar-refractivity contribution in [2.75, 3.05) is 6.54 Å². The van der Waals surface area contributed by atoms with Crippen molar-refractivity contribution in [3.63, 3.8) is 0 Å². The summed E-state index contributed by atoms with van der Waals surface area (Å²) in [6.45, 7) is 5.04. The summed E-state index contributed by atoms with van der Waals surface area (Å²) in [7, 11) is 0. The van der Waals surface area contributed by atoms with Crippen molar-refractivity contribution >= 4 is 11.9 Å². The highest BCUT2D eigenvalue weighted by Crippen LogP contribution is 2.33. The summed E-state index contributed by atoms with van der Waals surface area (Å²) in [5, 5.41) is 9.15. The number of carboxylic acid groups (broad SMARTS) is 1. The van der Waals surface area contributed by atoms with Crippen LogP contribution < -0.4 is 4.74 Å². The number of ether oxygens (including phenoxy) is 1. The zero-order valence-electron chi connectivity index (χ0n) is 19.8. The molecule has 0 spiro atoms. The number of benzene rings is 2. The van der Waals surface area contributed by atoms with E-state index < -0.39 is 11.9 Å². The molecule has 4 rings (SSSR count). The van der Waals surface area contributed by atoms with E-state index in [0.29, 0.717) is 19.4 Å². The van der Waals surface area contributed by atoms with Crippen LogP contribution in [0.25, 0.3) is 0 Å². The Morgan fingerprint density at radius 3 is 2.68 bits per heavy atom. The molecule has 1 aromatic heterocycles. The Morgan fingerprint density at radius 1 is 1.18 bits per heavy atom. The van der Waals surface area contributed by atoms with Gasteiger partial charge in [0, 0.05) is 24.9 Å². The lowest BCUT2D eigenvalue weighted by molar-refractivity contribution is -0.141. The lowest BCUT2D eigenvalue weighted by Gasteiger charge is -2.24. The summed E-state index contributed by atoms with van der Waals surface area (Å²) in [6.07, 6.45) is 4.61. The van der Waals surface area contributed by atoms with Crippen LogP contribution in [-0.2, 0) is 29.0 Å². The maximum absolute atomic E-state index is 13.1. The van der Waals surface area contributed by atoms with Gasteiger partial charge in [-0.3, -0.25) is 9.59 Å². The Morgan fingerprint density at radius 2 is 1.94 bits per heavy atom. The molecule has 34 heavy (non-hydrogen) atoms. The van der Waals surface area contributed by atoms with Gasteiger partial charge in [0.1, 0.15) is 12.4 Å². The Balaban J connectivity index is 1.34. The molecule has 1 aliphatic rings. The van der Waals surface area contributed by atoms with Crippen LogP contribution >= 0.6 is 0 Å². The number of nitrogens with one attached hydrogen (secondary N) is 1. The van der Waals surface area contributed by atoms with E-state index in [9.17, 15) is 9.59 Å². The van der Waals surface area contributed by atoms with E-state index >= 15 is 0 Å². The van der Waals surface area contributed by atoms with Crippen LogP contribution in [0, 0.1) is 12.8 Å². The summed E-state index contributed by atoms with van der Waals surface area (Å²) in [5.74, 6) is -0.358. The maximum atomic E-state index is 13.1. The van der Waals surface area contributed by atoms with Crippen molar-refractivity contribution in [1.82, 2.24) is 9.88 Å². The van der Waals surface area contributed by atoms with Gasteiger partial charge >= 0.3 is 5.97 Å². The van der Waals surface area contributed by atoms with Crippen molar-refractivity contribution in [2.24, 2.45) is 5.92 Å². The van der Waals surface area contributed by atoms with Gasteiger partial charge in [-0.2, -0.15) is 0 Å². The second-order valence-corrected chi connectivity index (χ2v) is 9.18. The molecule has 2 atom stereocenters. The van der Waals surface area contributed by atoms with E-state index in [4.69, 9.17) is 9.84 Å². The monoisotopic (exact) mass is 460 g/mol. The summed E-state index contributed by atoms with van der Waals surface area (Å²) in [6, 6.07) is 18.0. The van der Waals surface area contributed by atoms with Crippen molar-refractivity contribution in [2.45, 2.75) is 52.2 Å². The molecule has 6 nitrogen and oxygen atoms in total. The fourth-order valence-corrected chi connectivity index (χ4v) is 4.51. The molecule has 1 fully saturated rings. The third-order valence-electron chi connectivity index (χ3n) is 6.61. The number of nitrogens with zero attached hydrogens (tertiary/aromatic N) is 1. The van der Waals surface area contributed by atoms with Gasteiger partial charge in [-0.15, -0.1) is 0 Å². The van der Waals surface area contributed by atoms with Crippen LogP contribution in [0.3, 0.4) is 0 Å². The highest BCUT2D eigenvalue weighted by molar-refractivity contribution is 5.79. The molecule has 0 bridgehead atoms. The number of amides is 1. The van der Waals surface area contributed by atoms with Gasteiger partial charge in [0.2, 0.25) is 5.91 Å². The van der Waals surface area contributed by atoms with Crippen molar-refractivity contribution < 1.29 is 19.4 Å². The summed E-state index contributed by atoms with van der Waals surface area (Å²) in [4.78, 5) is 29.4. The van der Waals surface area contributed by atoms with E-state index in [0.717, 1.165) is 47.5 Å². The Kier molecular flexibility index (Phi) is 7.36. The second kappa shape index (κ2) is 10.6. The minimum atomic E-state index is -0.805. The Hall–Kier alpha value is -3.54. The van der Waals surface area contributed by atoms with E-state index in [2.05, 4.69) is 24.0 Å². The number of H-pyrrole nitrogens is 1. The molecule has 178 valence electrons. The van der Waals surface area contributed by atoms with Crippen LogP contribution in [-0.4, -0.2) is 33.4 Å². The quantitative estimate of drug-likeness (QED) is 0.467. The third kappa shape index (κ3) is 5.68. The van der Waals surface area contributed by atoms with Gasteiger partial charge in [-0.25, -0.2) is 0 Å². The number of hydrogen-bond acceptors (Lipinski definition) is 3. The molecule has 1 amide bonds. The molecule has 2 heterocycles. The number of aliphatic carboxylic acids is 1. The standard InChI is InChI=1S/C28H32N2O4/c1-19-6-3-4-7-22(19)18-34-25-11-9-21(10-12-25)15-27(31)30-13-5-8-26(30)23-16-24(29-17-23)14-20(2)28(32)33/h3-4,6-7,9-12,16-17,20,26,29H,5,8,13-15,18H2,1-2H3,(H,32,33). The van der Waals surface area contributed by atoms with Gasteiger partial charge in [0.15, 0.2) is 0 Å². The number of carboxylic acids is 1. The smallest absolute Gasteiger partial charge is 0.306 e. The number of aromatic amines is 1. The van der Waals surface area contributed by atoms with Crippen LogP contribution in [0.15, 0.2) is 60.8 Å². The number of aromatic nitrogens is 1. The first-order valence-corrected chi connectivity index (χ1v) is 11.9. The van der Waals surface area contributed by atoms with Crippen molar-refractivity contribution in [3.05, 3.63) is 88.7 Å². The largest absolute Gasteiger partial charge is 0.489 e. The predicted molar refractivity (Wildman–Crippen MR) is 131 cm³/mol. The SMILES string of the molecule is Cc1ccccc1COc1ccc(CC(=O)N2CCCC2c2c[nH]c(CC(C)C(=O)O)c2)cc1. The van der Waals surface area contributed by atoms with Crippen LogP contribution in [0.5, 0.6) is 5.75 Å². The molecule has 0 radical (unpaired) electrons. The van der Waals surface area contributed by atoms with E-state index in [1.165, 1.54) is 5.56 Å². The molecule has 0 aliphatic carbocycles. The first-order valence-electron chi connectivity index (χ1n) is 11.9. The molecular formula is C28H32N2O4. The van der Waals surface area contributed by atoms with Gasteiger partial charge < -0.3 is 19.7 Å². The molecule has 0 saturated carbocycles. The van der Waals surface area contributed by atoms with Crippen molar-refractivity contribution in [1.29, 1.82) is 0 Å². The minimum absolute atomic E-state index is 0.0364. The van der Waals surface area contributed by atoms with Gasteiger partial charge in [0.05, 0.1) is 18.4 Å². The average molecular weight is 461 g/mol. The summed E-state index contributed by atoms with van der Waals surface area (Å²) >= 11 is 0. The number of rotatable bonds is 9. The number of carbonyl (C=O) groups is 2. The van der Waals surface area contributed by atoms with E-state index in [1.807, 2.05) is 53.6 Å². The Labute approximate surface area is 200 Å².